The summed E-state index contributed by atoms with van der Waals surface area (Å²) in [4.78, 5) is 2.44. The molecular weight excluding hydrogens is 385 g/mol. The summed E-state index contributed by atoms with van der Waals surface area (Å²) < 4.78 is 13.9. The topological polar surface area (TPSA) is 23.5 Å². The SMILES string of the molecule is CN1CCc2cc(Cl)c(O)cc2[C@H]2c3cccc(-c4cccc(F)c4)c3CC[C@@H]21. The fraction of sp³-hybridized carbons (Fsp3) is 0.280. The molecule has 0 bridgehead atoms. The lowest BCUT2D eigenvalue weighted by Crippen LogP contribution is -2.39. The molecule has 0 saturated carbocycles. The molecule has 1 heterocycles. The number of hydrogen-bond acceptors (Lipinski definition) is 2. The Morgan fingerprint density at radius 2 is 1.86 bits per heavy atom. The highest BCUT2D eigenvalue weighted by atomic mass is 35.5. The van der Waals surface area contributed by atoms with Crippen LogP contribution in [0.5, 0.6) is 5.75 Å². The molecule has 0 radical (unpaired) electrons. The molecule has 3 aromatic rings. The Morgan fingerprint density at radius 3 is 2.69 bits per heavy atom. The van der Waals surface area contributed by atoms with Crippen LogP contribution in [0.1, 0.15) is 34.6 Å². The molecule has 2 atom stereocenters. The average Bonchev–Trinajstić information content (AvgIpc) is 2.85. The van der Waals surface area contributed by atoms with E-state index in [1.54, 1.807) is 12.1 Å². The molecule has 1 aliphatic carbocycles. The smallest absolute Gasteiger partial charge is 0.134 e. The summed E-state index contributed by atoms with van der Waals surface area (Å²) in [6, 6.07) is 17.4. The Labute approximate surface area is 175 Å². The fourth-order valence-electron chi connectivity index (χ4n) is 5.21. The van der Waals surface area contributed by atoms with Gasteiger partial charge in [-0.15, -0.1) is 0 Å². The molecule has 0 amide bonds. The van der Waals surface area contributed by atoms with E-state index in [1.165, 1.54) is 28.3 Å². The zero-order valence-electron chi connectivity index (χ0n) is 16.3. The van der Waals surface area contributed by atoms with Gasteiger partial charge in [0, 0.05) is 18.5 Å². The van der Waals surface area contributed by atoms with Crippen LogP contribution in [-0.2, 0) is 12.8 Å². The normalized spacial score (nSPS) is 21.1. The van der Waals surface area contributed by atoms with Crippen molar-refractivity contribution in [3.8, 4) is 16.9 Å². The first-order chi connectivity index (χ1) is 14.0. The molecule has 148 valence electrons. The van der Waals surface area contributed by atoms with Crippen LogP contribution >= 0.6 is 11.6 Å². The number of benzene rings is 3. The van der Waals surface area contributed by atoms with E-state index in [2.05, 4.69) is 30.1 Å². The molecule has 0 unspecified atom stereocenters. The van der Waals surface area contributed by atoms with Gasteiger partial charge in [-0.3, -0.25) is 0 Å². The first-order valence-electron chi connectivity index (χ1n) is 10.1. The largest absolute Gasteiger partial charge is 0.506 e. The van der Waals surface area contributed by atoms with E-state index in [-0.39, 0.29) is 17.5 Å². The zero-order chi connectivity index (χ0) is 20.1. The summed E-state index contributed by atoms with van der Waals surface area (Å²) in [6.07, 6.45) is 2.91. The number of hydrogen-bond donors (Lipinski definition) is 1. The predicted octanol–water partition coefficient (Wildman–Crippen LogP) is 5.79. The van der Waals surface area contributed by atoms with Crippen LogP contribution in [0.3, 0.4) is 0 Å². The van der Waals surface area contributed by atoms with E-state index in [0.717, 1.165) is 36.9 Å². The molecule has 2 nitrogen and oxygen atoms in total. The van der Waals surface area contributed by atoms with Crippen molar-refractivity contribution in [3.63, 3.8) is 0 Å². The molecule has 3 aromatic carbocycles. The Kier molecular flexibility index (Phi) is 4.60. The van der Waals surface area contributed by atoms with Gasteiger partial charge >= 0.3 is 0 Å². The van der Waals surface area contributed by atoms with Crippen molar-refractivity contribution >= 4 is 11.6 Å². The molecular formula is C25H23ClFNO. The van der Waals surface area contributed by atoms with Crippen molar-refractivity contribution in [2.24, 2.45) is 0 Å². The van der Waals surface area contributed by atoms with Gasteiger partial charge in [-0.25, -0.2) is 4.39 Å². The first kappa shape index (κ1) is 18.7. The highest BCUT2D eigenvalue weighted by Crippen LogP contribution is 2.46. The molecule has 29 heavy (non-hydrogen) atoms. The van der Waals surface area contributed by atoms with E-state index in [1.807, 2.05) is 18.2 Å². The second-order valence-electron chi connectivity index (χ2n) is 8.20. The molecule has 0 aromatic heterocycles. The predicted molar refractivity (Wildman–Crippen MR) is 115 cm³/mol. The van der Waals surface area contributed by atoms with Gasteiger partial charge in [0.2, 0.25) is 0 Å². The van der Waals surface area contributed by atoms with Crippen molar-refractivity contribution in [1.29, 1.82) is 0 Å². The van der Waals surface area contributed by atoms with Crippen LogP contribution in [0.4, 0.5) is 4.39 Å². The number of phenols is 1. The Balaban J connectivity index is 1.72. The standard InChI is InChI=1S/C25H23ClFNO/c1-28-11-10-16-13-22(26)24(29)14-21(16)25-20-7-3-6-18(19(20)8-9-23(25)28)15-4-2-5-17(27)12-15/h2-7,12-14,23,25,29H,8-11H2,1H3/t23-,25+/m0/s1. The summed E-state index contributed by atoms with van der Waals surface area (Å²) in [5.41, 5.74) is 6.96. The van der Waals surface area contributed by atoms with Crippen molar-refractivity contribution in [2.45, 2.75) is 31.2 Å². The monoisotopic (exact) mass is 407 g/mol. The molecule has 1 aliphatic heterocycles. The minimum absolute atomic E-state index is 0.141. The molecule has 5 rings (SSSR count). The van der Waals surface area contributed by atoms with E-state index >= 15 is 0 Å². The lowest BCUT2D eigenvalue weighted by Gasteiger charge is -2.39. The number of halogens is 2. The maximum Gasteiger partial charge on any atom is 0.134 e. The maximum atomic E-state index is 13.9. The molecule has 0 fully saturated rings. The number of nitrogens with zero attached hydrogens (tertiary/aromatic N) is 1. The quantitative estimate of drug-likeness (QED) is 0.552. The lowest BCUT2D eigenvalue weighted by molar-refractivity contribution is 0.214. The van der Waals surface area contributed by atoms with Crippen LogP contribution in [0.15, 0.2) is 54.6 Å². The van der Waals surface area contributed by atoms with Gasteiger partial charge in [-0.2, -0.15) is 0 Å². The number of phenolic OH excluding ortho intramolecular Hbond substituents is 1. The summed E-state index contributed by atoms with van der Waals surface area (Å²) in [5, 5.41) is 10.8. The van der Waals surface area contributed by atoms with Crippen LogP contribution in [0.2, 0.25) is 5.02 Å². The van der Waals surface area contributed by atoms with Crippen molar-refractivity contribution in [2.75, 3.05) is 13.6 Å². The summed E-state index contributed by atoms with van der Waals surface area (Å²) in [5.74, 6) is 0.0907. The van der Waals surface area contributed by atoms with Gasteiger partial charge in [0.15, 0.2) is 0 Å². The fourth-order valence-corrected chi connectivity index (χ4v) is 5.39. The zero-order valence-corrected chi connectivity index (χ0v) is 17.1. The van der Waals surface area contributed by atoms with Crippen LogP contribution in [0.25, 0.3) is 11.1 Å². The maximum absolute atomic E-state index is 13.9. The van der Waals surface area contributed by atoms with Crippen molar-refractivity contribution < 1.29 is 9.50 Å². The summed E-state index contributed by atoms with van der Waals surface area (Å²) in [6.45, 7) is 0.966. The van der Waals surface area contributed by atoms with Gasteiger partial charge in [-0.1, -0.05) is 41.9 Å². The Hall–Kier alpha value is -2.36. The first-order valence-corrected chi connectivity index (χ1v) is 10.5. The van der Waals surface area contributed by atoms with Gasteiger partial charge in [0.05, 0.1) is 5.02 Å². The average molecular weight is 408 g/mol. The number of likely N-dealkylation sites (N-methyl/N-ethyl adjacent to an activating group) is 1. The van der Waals surface area contributed by atoms with Gasteiger partial charge < -0.3 is 10.0 Å². The van der Waals surface area contributed by atoms with Crippen LogP contribution in [0, 0.1) is 5.82 Å². The third-order valence-electron chi connectivity index (χ3n) is 6.60. The van der Waals surface area contributed by atoms with Crippen LogP contribution < -0.4 is 0 Å². The summed E-state index contributed by atoms with van der Waals surface area (Å²) >= 11 is 6.23. The minimum Gasteiger partial charge on any atom is -0.506 e. The minimum atomic E-state index is -0.215. The van der Waals surface area contributed by atoms with E-state index in [0.29, 0.717) is 11.1 Å². The molecule has 0 saturated heterocycles. The van der Waals surface area contributed by atoms with Gasteiger partial charge in [0.25, 0.3) is 0 Å². The third kappa shape index (κ3) is 3.13. The highest BCUT2D eigenvalue weighted by molar-refractivity contribution is 6.32. The van der Waals surface area contributed by atoms with E-state index < -0.39 is 0 Å². The number of aromatic hydroxyl groups is 1. The van der Waals surface area contributed by atoms with Crippen molar-refractivity contribution in [1.82, 2.24) is 4.90 Å². The lowest BCUT2D eigenvalue weighted by atomic mass is 9.72. The highest BCUT2D eigenvalue weighted by Gasteiger charge is 2.37. The second-order valence-corrected chi connectivity index (χ2v) is 8.61. The Morgan fingerprint density at radius 1 is 1.03 bits per heavy atom. The summed E-state index contributed by atoms with van der Waals surface area (Å²) in [7, 11) is 2.19. The molecule has 1 N–H and O–H groups in total. The van der Waals surface area contributed by atoms with Crippen molar-refractivity contribution in [3.05, 3.63) is 87.7 Å². The number of rotatable bonds is 1. The second kappa shape index (κ2) is 7.16. The molecule has 0 spiro atoms. The Bertz CT molecular complexity index is 1100. The molecule has 4 heteroatoms. The third-order valence-corrected chi connectivity index (χ3v) is 6.90. The number of fused-ring (bicyclic) bond motifs is 5. The van der Waals surface area contributed by atoms with E-state index in [9.17, 15) is 9.50 Å². The van der Waals surface area contributed by atoms with Gasteiger partial charge in [-0.05, 0) is 84.0 Å². The van der Waals surface area contributed by atoms with Gasteiger partial charge in [0.1, 0.15) is 11.6 Å². The van der Waals surface area contributed by atoms with Crippen LogP contribution in [-0.4, -0.2) is 29.6 Å². The molecule has 2 aliphatic rings. The van der Waals surface area contributed by atoms with E-state index in [4.69, 9.17) is 11.6 Å².